The molecule has 228 valence electrons. The van der Waals surface area contributed by atoms with E-state index >= 15 is 0 Å². The molecule has 0 saturated heterocycles. The number of hydrogen-bond donors (Lipinski definition) is 0. The molecule has 0 aliphatic rings. The summed E-state index contributed by atoms with van der Waals surface area (Å²) in [6.07, 6.45) is 0. The molecule has 49 heavy (non-hydrogen) atoms. The van der Waals surface area contributed by atoms with Crippen LogP contribution in [0.5, 0.6) is 0 Å². The highest BCUT2D eigenvalue weighted by atomic mass is 16.3. The second kappa shape index (κ2) is 11.1. The minimum absolute atomic E-state index is 0.907. The van der Waals surface area contributed by atoms with Crippen molar-refractivity contribution in [3.63, 3.8) is 0 Å². The summed E-state index contributed by atoms with van der Waals surface area (Å²) in [7, 11) is 0. The molecule has 0 unspecified atom stereocenters. The lowest BCUT2D eigenvalue weighted by Gasteiger charge is -2.19. The maximum atomic E-state index is 6.65. The molecule has 0 aliphatic heterocycles. The van der Waals surface area contributed by atoms with Gasteiger partial charge in [-0.15, -0.1) is 0 Å². The predicted molar refractivity (Wildman–Crippen MR) is 208 cm³/mol. The standard InChI is InChI=1S/C48H30O/c1-3-14-31(15-4-1)35-28-27-34(30-43(35)32-16-5-2-6-17-32)45-37-20-9-11-22-39(37)46(40-23-12-10-21-38(40)45)41-24-13-25-44-47(41)42-29-26-33-18-7-8-19-36(33)48(42)49-44/h1-30H. The van der Waals surface area contributed by atoms with Crippen molar-refractivity contribution in [2.75, 3.05) is 0 Å². The van der Waals surface area contributed by atoms with Crippen LogP contribution in [-0.2, 0) is 0 Å². The molecule has 0 bridgehead atoms. The lowest BCUT2D eigenvalue weighted by atomic mass is 9.83. The SMILES string of the molecule is c1ccc(-c2ccc(-c3c4ccccc4c(-c4cccc5oc6c7ccccc7ccc6c45)c4ccccc34)cc2-c2ccccc2)cc1. The summed E-state index contributed by atoms with van der Waals surface area (Å²) in [6.45, 7) is 0. The molecule has 0 N–H and O–H groups in total. The van der Waals surface area contributed by atoms with Crippen molar-refractivity contribution in [3.8, 4) is 44.5 Å². The summed E-state index contributed by atoms with van der Waals surface area (Å²) in [4.78, 5) is 0. The minimum Gasteiger partial charge on any atom is -0.455 e. The van der Waals surface area contributed by atoms with Crippen molar-refractivity contribution in [2.45, 2.75) is 0 Å². The Hall–Kier alpha value is -6.44. The molecular formula is C48H30O. The summed E-state index contributed by atoms with van der Waals surface area (Å²) in [5.74, 6) is 0. The Morgan fingerprint density at radius 3 is 1.55 bits per heavy atom. The van der Waals surface area contributed by atoms with Crippen LogP contribution in [0.3, 0.4) is 0 Å². The Labute approximate surface area is 284 Å². The Morgan fingerprint density at radius 2 is 0.878 bits per heavy atom. The van der Waals surface area contributed by atoms with Crippen LogP contribution < -0.4 is 0 Å². The van der Waals surface area contributed by atoms with Gasteiger partial charge in [-0.2, -0.15) is 0 Å². The van der Waals surface area contributed by atoms with Gasteiger partial charge in [0.25, 0.3) is 0 Å². The van der Waals surface area contributed by atoms with E-state index in [1.54, 1.807) is 0 Å². The van der Waals surface area contributed by atoms with Crippen LogP contribution in [0, 0.1) is 0 Å². The zero-order chi connectivity index (χ0) is 32.3. The van der Waals surface area contributed by atoms with Gasteiger partial charge in [-0.05, 0) is 89.6 Å². The first-order valence-corrected chi connectivity index (χ1v) is 16.9. The molecular weight excluding hydrogens is 593 g/mol. The third-order valence-electron chi connectivity index (χ3n) is 10.1. The molecule has 0 aliphatic carbocycles. The molecule has 1 aromatic heterocycles. The van der Waals surface area contributed by atoms with E-state index in [0.29, 0.717) is 0 Å². The van der Waals surface area contributed by atoms with Crippen molar-refractivity contribution in [1.29, 1.82) is 0 Å². The number of rotatable bonds is 4. The fourth-order valence-electron chi connectivity index (χ4n) is 7.92. The first-order valence-electron chi connectivity index (χ1n) is 16.9. The van der Waals surface area contributed by atoms with E-state index in [0.717, 1.165) is 27.3 Å². The Morgan fingerprint density at radius 1 is 0.306 bits per heavy atom. The van der Waals surface area contributed by atoms with Gasteiger partial charge in [0.2, 0.25) is 0 Å². The van der Waals surface area contributed by atoms with Crippen molar-refractivity contribution in [3.05, 3.63) is 182 Å². The molecule has 0 amide bonds. The maximum absolute atomic E-state index is 6.65. The van der Waals surface area contributed by atoms with Crippen molar-refractivity contribution in [1.82, 2.24) is 0 Å². The summed E-state index contributed by atoms with van der Waals surface area (Å²) < 4.78 is 6.65. The normalized spacial score (nSPS) is 11.7. The first kappa shape index (κ1) is 27.7. The van der Waals surface area contributed by atoms with Gasteiger partial charge in [0.05, 0.1) is 0 Å². The molecule has 10 rings (SSSR count). The van der Waals surface area contributed by atoms with Crippen LogP contribution in [0.2, 0.25) is 0 Å². The lowest BCUT2D eigenvalue weighted by molar-refractivity contribution is 0.673. The van der Waals surface area contributed by atoms with Crippen LogP contribution in [-0.4, -0.2) is 0 Å². The summed E-state index contributed by atoms with van der Waals surface area (Å²) >= 11 is 0. The molecule has 1 heteroatoms. The van der Waals surface area contributed by atoms with Gasteiger partial charge in [0.1, 0.15) is 11.2 Å². The Balaban J connectivity index is 1.29. The van der Waals surface area contributed by atoms with Crippen LogP contribution in [0.15, 0.2) is 186 Å². The third-order valence-corrected chi connectivity index (χ3v) is 10.1. The molecule has 0 radical (unpaired) electrons. The summed E-state index contributed by atoms with van der Waals surface area (Å²) in [5, 5.41) is 9.55. The fraction of sp³-hybridized carbons (Fsp3) is 0. The highest BCUT2D eigenvalue weighted by molar-refractivity contribution is 6.27. The van der Waals surface area contributed by atoms with E-state index in [1.165, 1.54) is 71.4 Å². The number of hydrogen-bond acceptors (Lipinski definition) is 1. The highest BCUT2D eigenvalue weighted by Gasteiger charge is 2.21. The highest BCUT2D eigenvalue weighted by Crippen LogP contribution is 2.48. The molecule has 1 heterocycles. The molecule has 0 saturated carbocycles. The van der Waals surface area contributed by atoms with Crippen LogP contribution in [0.1, 0.15) is 0 Å². The van der Waals surface area contributed by atoms with E-state index in [-0.39, 0.29) is 0 Å². The smallest absolute Gasteiger partial charge is 0.143 e. The van der Waals surface area contributed by atoms with Gasteiger partial charge in [-0.3, -0.25) is 0 Å². The van der Waals surface area contributed by atoms with Crippen LogP contribution in [0.4, 0.5) is 0 Å². The largest absolute Gasteiger partial charge is 0.455 e. The van der Waals surface area contributed by atoms with Crippen molar-refractivity contribution >= 4 is 54.3 Å². The number of furan rings is 1. The van der Waals surface area contributed by atoms with Crippen molar-refractivity contribution in [2.24, 2.45) is 0 Å². The first-order chi connectivity index (χ1) is 24.3. The number of benzene rings is 9. The Kier molecular flexibility index (Phi) is 6.25. The van der Waals surface area contributed by atoms with E-state index in [1.807, 2.05) is 0 Å². The quantitative estimate of drug-likeness (QED) is 0.178. The van der Waals surface area contributed by atoms with Gasteiger partial charge < -0.3 is 4.42 Å². The zero-order valence-corrected chi connectivity index (χ0v) is 26.7. The molecule has 0 atom stereocenters. The van der Waals surface area contributed by atoms with E-state index in [2.05, 4.69) is 182 Å². The molecule has 10 aromatic rings. The lowest BCUT2D eigenvalue weighted by Crippen LogP contribution is -1.92. The van der Waals surface area contributed by atoms with E-state index in [9.17, 15) is 0 Å². The molecule has 1 nitrogen and oxygen atoms in total. The van der Waals surface area contributed by atoms with Crippen LogP contribution >= 0.6 is 0 Å². The molecule has 9 aromatic carbocycles. The van der Waals surface area contributed by atoms with Gasteiger partial charge in [-0.25, -0.2) is 0 Å². The second-order valence-corrected chi connectivity index (χ2v) is 12.8. The van der Waals surface area contributed by atoms with Gasteiger partial charge in [-0.1, -0.05) is 164 Å². The van der Waals surface area contributed by atoms with Gasteiger partial charge >= 0.3 is 0 Å². The Bertz CT molecular complexity index is 2800. The van der Waals surface area contributed by atoms with Gasteiger partial charge in [0, 0.05) is 16.2 Å². The molecule has 0 spiro atoms. The van der Waals surface area contributed by atoms with Crippen LogP contribution in [0.25, 0.3) is 98.8 Å². The zero-order valence-electron chi connectivity index (χ0n) is 26.7. The van der Waals surface area contributed by atoms with Gasteiger partial charge in [0.15, 0.2) is 0 Å². The predicted octanol–water partition coefficient (Wildman–Crippen LogP) is 13.7. The third kappa shape index (κ3) is 4.33. The van der Waals surface area contributed by atoms with E-state index < -0.39 is 0 Å². The summed E-state index contributed by atoms with van der Waals surface area (Å²) in [6, 6.07) is 65.7. The monoisotopic (exact) mass is 622 g/mol. The number of fused-ring (bicyclic) bond motifs is 7. The molecule has 0 fully saturated rings. The second-order valence-electron chi connectivity index (χ2n) is 12.8. The fourth-order valence-corrected chi connectivity index (χ4v) is 7.92. The average molecular weight is 623 g/mol. The maximum Gasteiger partial charge on any atom is 0.143 e. The van der Waals surface area contributed by atoms with Crippen molar-refractivity contribution < 1.29 is 4.42 Å². The summed E-state index contributed by atoms with van der Waals surface area (Å²) in [5.41, 5.74) is 11.6. The van der Waals surface area contributed by atoms with E-state index in [4.69, 9.17) is 4.42 Å². The average Bonchev–Trinajstić information content (AvgIpc) is 3.57. The minimum atomic E-state index is 0.907. The topological polar surface area (TPSA) is 13.1 Å².